The summed E-state index contributed by atoms with van der Waals surface area (Å²) >= 11 is 0. The summed E-state index contributed by atoms with van der Waals surface area (Å²) < 4.78 is 13.6. The Bertz CT molecular complexity index is 1720. The van der Waals surface area contributed by atoms with Crippen molar-refractivity contribution in [1.82, 2.24) is 19.4 Å². The van der Waals surface area contributed by atoms with Gasteiger partial charge in [0.25, 0.3) is 0 Å². The van der Waals surface area contributed by atoms with Gasteiger partial charge in [-0.3, -0.25) is 4.79 Å². The van der Waals surface area contributed by atoms with Gasteiger partial charge in [-0.2, -0.15) is 4.98 Å². The molecule has 4 aromatic rings. The Hall–Kier alpha value is -4.12. The van der Waals surface area contributed by atoms with Gasteiger partial charge in [0.05, 0.1) is 18.6 Å². The van der Waals surface area contributed by atoms with Gasteiger partial charge < -0.3 is 29.4 Å². The Kier molecular flexibility index (Phi) is 7.42. The molecule has 0 atom stereocenters. The number of anilines is 2. The number of piperidine rings is 1. The van der Waals surface area contributed by atoms with Gasteiger partial charge in [-0.15, -0.1) is 0 Å². The molecule has 10 nitrogen and oxygen atoms in total. The highest BCUT2D eigenvalue weighted by atomic mass is 16.7. The van der Waals surface area contributed by atoms with Crippen LogP contribution in [0.25, 0.3) is 16.7 Å². The van der Waals surface area contributed by atoms with Gasteiger partial charge in [0, 0.05) is 56.2 Å². The zero-order valence-corrected chi connectivity index (χ0v) is 24.1. The molecule has 2 fully saturated rings. The van der Waals surface area contributed by atoms with Gasteiger partial charge in [-0.1, -0.05) is 18.2 Å². The second-order valence-electron chi connectivity index (χ2n) is 11.7. The van der Waals surface area contributed by atoms with E-state index in [0.717, 1.165) is 89.2 Å². The average Bonchev–Trinajstić information content (AvgIpc) is 3.50. The number of aromatic nitrogens is 3. The van der Waals surface area contributed by atoms with Gasteiger partial charge in [0.1, 0.15) is 5.56 Å². The van der Waals surface area contributed by atoms with Crippen molar-refractivity contribution >= 4 is 28.6 Å². The smallest absolute Gasteiger partial charge is 0.341 e. The first-order valence-electron chi connectivity index (χ1n) is 15.1. The highest BCUT2D eigenvalue weighted by Gasteiger charge is 2.38. The van der Waals surface area contributed by atoms with Crippen LogP contribution in [0.5, 0.6) is 0 Å². The number of aromatic carboxylic acids is 1. The van der Waals surface area contributed by atoms with Crippen LogP contribution in [0.3, 0.4) is 0 Å². The molecule has 2 aromatic heterocycles. The average molecular weight is 582 g/mol. The van der Waals surface area contributed by atoms with Crippen molar-refractivity contribution in [3.8, 4) is 5.69 Å². The number of nitrogens with one attached hydrogen (secondary N) is 1. The minimum atomic E-state index is -1.28. The third kappa shape index (κ3) is 5.65. The van der Waals surface area contributed by atoms with Gasteiger partial charge in [-0.05, 0) is 73.1 Å². The lowest BCUT2D eigenvalue weighted by molar-refractivity contribution is -0.283. The van der Waals surface area contributed by atoms with E-state index < -0.39 is 11.4 Å². The molecule has 2 aliphatic heterocycles. The Morgan fingerprint density at radius 3 is 2.53 bits per heavy atom. The summed E-state index contributed by atoms with van der Waals surface area (Å²) in [6.07, 6.45) is 9.65. The quantitative estimate of drug-likeness (QED) is 0.326. The van der Waals surface area contributed by atoms with Crippen LogP contribution < -0.4 is 10.7 Å². The normalized spacial score (nSPS) is 18.1. The molecule has 0 unspecified atom stereocenters. The number of aryl methyl sites for hydroxylation is 2. The maximum atomic E-state index is 13.0. The molecule has 3 aliphatic rings. The minimum absolute atomic E-state index is 0.159. The summed E-state index contributed by atoms with van der Waals surface area (Å²) in [6.45, 7) is 4.53. The van der Waals surface area contributed by atoms with E-state index in [1.165, 1.54) is 29.1 Å². The van der Waals surface area contributed by atoms with Crippen LogP contribution in [0, 0.1) is 0 Å². The predicted octanol–water partition coefficient (Wildman–Crippen LogP) is 4.48. The molecule has 2 saturated heterocycles. The number of pyridine rings is 1. The Labute approximate surface area is 249 Å². The van der Waals surface area contributed by atoms with Crippen molar-refractivity contribution in [2.75, 3.05) is 38.2 Å². The number of fused-ring (bicyclic) bond motifs is 2. The number of hydrogen-bond donors (Lipinski definition) is 2. The number of rotatable bonds is 7. The fourth-order valence-corrected chi connectivity index (χ4v) is 6.42. The number of ether oxygens (including phenoxy) is 2. The molecule has 1 aliphatic carbocycles. The van der Waals surface area contributed by atoms with Gasteiger partial charge in [0.2, 0.25) is 11.4 Å². The second-order valence-corrected chi connectivity index (χ2v) is 11.7. The monoisotopic (exact) mass is 581 g/mol. The Morgan fingerprint density at radius 1 is 1.00 bits per heavy atom. The second kappa shape index (κ2) is 11.5. The molecule has 2 N–H and O–H groups in total. The van der Waals surface area contributed by atoms with Crippen molar-refractivity contribution in [2.45, 2.75) is 50.7 Å². The van der Waals surface area contributed by atoms with Crippen molar-refractivity contribution in [1.29, 1.82) is 0 Å². The zero-order valence-electron chi connectivity index (χ0n) is 24.1. The Morgan fingerprint density at radius 2 is 1.77 bits per heavy atom. The van der Waals surface area contributed by atoms with Crippen LogP contribution in [0.2, 0.25) is 0 Å². The third-order valence-corrected chi connectivity index (χ3v) is 8.90. The van der Waals surface area contributed by atoms with E-state index in [9.17, 15) is 14.7 Å². The lowest BCUT2D eigenvalue weighted by atomic mass is 10.0. The van der Waals surface area contributed by atoms with Crippen molar-refractivity contribution in [3.63, 3.8) is 0 Å². The number of benzene rings is 2. The molecule has 1 spiro atoms. The van der Waals surface area contributed by atoms with E-state index in [-0.39, 0.29) is 16.7 Å². The topological polar surface area (TPSA) is 119 Å². The van der Waals surface area contributed by atoms with Crippen molar-refractivity contribution in [2.24, 2.45) is 0 Å². The maximum Gasteiger partial charge on any atom is 0.341 e. The molecule has 2 aromatic carbocycles. The number of likely N-dealkylation sites (tertiary alicyclic amines) is 1. The zero-order chi connectivity index (χ0) is 29.4. The first-order chi connectivity index (χ1) is 21.0. The number of nitrogens with zero attached hydrogens (tertiary/aromatic N) is 4. The first kappa shape index (κ1) is 27.7. The fraction of sp³-hybridized carbons (Fsp3) is 0.394. The third-order valence-electron chi connectivity index (χ3n) is 8.90. The van der Waals surface area contributed by atoms with E-state index >= 15 is 0 Å². The van der Waals surface area contributed by atoms with Crippen molar-refractivity contribution in [3.05, 3.63) is 87.3 Å². The van der Waals surface area contributed by atoms with Crippen LogP contribution in [-0.2, 0) is 28.7 Å². The van der Waals surface area contributed by atoms with Gasteiger partial charge in [0.15, 0.2) is 11.4 Å². The van der Waals surface area contributed by atoms with Crippen molar-refractivity contribution < 1.29 is 19.4 Å². The van der Waals surface area contributed by atoms with Crippen LogP contribution >= 0.6 is 0 Å². The highest BCUT2D eigenvalue weighted by molar-refractivity contribution is 5.92. The number of carboxylic acids is 1. The molecular formula is C33H35N5O5. The first-order valence-corrected chi connectivity index (χ1v) is 15.1. The summed E-state index contributed by atoms with van der Waals surface area (Å²) in [5.41, 5.74) is 4.82. The van der Waals surface area contributed by atoms with Crippen LogP contribution in [0.1, 0.15) is 52.7 Å². The minimum Gasteiger partial charge on any atom is -0.477 e. The van der Waals surface area contributed by atoms with Crippen LogP contribution in [0.15, 0.2) is 59.7 Å². The molecule has 43 heavy (non-hydrogen) atoms. The van der Waals surface area contributed by atoms with Gasteiger partial charge >= 0.3 is 5.97 Å². The predicted molar refractivity (Wildman–Crippen MR) is 162 cm³/mol. The molecule has 0 radical (unpaired) electrons. The summed E-state index contributed by atoms with van der Waals surface area (Å²) in [4.78, 5) is 36.4. The SMILES string of the molecule is O=C(O)c1cn(-c2ccc3c(c2)CCC3)c2nc(Nc3ccc(CCN4CCC5(CC4)OCCCO5)cc3)ncc2c1=O. The molecular weight excluding hydrogens is 546 g/mol. The lowest BCUT2D eigenvalue weighted by Crippen LogP contribution is -2.50. The molecule has 4 heterocycles. The highest BCUT2D eigenvalue weighted by Crippen LogP contribution is 2.31. The summed E-state index contributed by atoms with van der Waals surface area (Å²) in [5.74, 6) is -1.31. The summed E-state index contributed by atoms with van der Waals surface area (Å²) in [5, 5.41) is 13.1. The van der Waals surface area contributed by atoms with E-state index in [4.69, 9.17) is 9.47 Å². The van der Waals surface area contributed by atoms with E-state index in [1.54, 1.807) is 4.57 Å². The van der Waals surface area contributed by atoms with Crippen LogP contribution in [0.4, 0.5) is 11.6 Å². The number of hydrogen-bond acceptors (Lipinski definition) is 8. The van der Waals surface area contributed by atoms with E-state index in [2.05, 4.69) is 44.5 Å². The summed E-state index contributed by atoms with van der Waals surface area (Å²) in [7, 11) is 0. The number of carbonyl (C=O) groups is 1. The van der Waals surface area contributed by atoms with E-state index in [1.807, 2.05) is 18.2 Å². The molecule has 0 amide bonds. The number of carboxylic acid groups (broad SMARTS) is 1. The molecule has 0 bridgehead atoms. The van der Waals surface area contributed by atoms with Gasteiger partial charge in [-0.25, -0.2) is 9.78 Å². The fourth-order valence-electron chi connectivity index (χ4n) is 6.42. The lowest BCUT2D eigenvalue weighted by Gasteiger charge is -2.43. The molecule has 7 rings (SSSR count). The summed E-state index contributed by atoms with van der Waals surface area (Å²) in [6, 6.07) is 14.3. The Balaban J connectivity index is 1.07. The standard InChI is InChI=1S/C33H35N5O5/c39-29-27-20-34-32(36-30(27)38(21-28(29)31(40)41)26-10-7-23-3-1-4-24(23)19-26)35-25-8-5-22(6-9-25)11-14-37-15-12-33(13-16-37)42-17-2-18-43-33/h5-10,19-21H,1-4,11-18H2,(H,40,41)(H,34,35,36). The van der Waals surface area contributed by atoms with Crippen LogP contribution in [-0.4, -0.2) is 69.1 Å². The van der Waals surface area contributed by atoms with E-state index in [0.29, 0.717) is 11.6 Å². The maximum absolute atomic E-state index is 13.0. The molecule has 10 heteroatoms. The largest absolute Gasteiger partial charge is 0.477 e. The molecule has 0 saturated carbocycles. The molecule has 222 valence electrons.